The van der Waals surface area contributed by atoms with E-state index < -0.39 is 0 Å². The van der Waals surface area contributed by atoms with E-state index in [1.807, 2.05) is 13.1 Å². The van der Waals surface area contributed by atoms with Crippen molar-refractivity contribution in [2.45, 2.75) is 37.8 Å². The highest BCUT2D eigenvalue weighted by Crippen LogP contribution is 2.46. The third-order valence-corrected chi connectivity index (χ3v) is 6.38. The molecule has 4 rings (SSSR count). The van der Waals surface area contributed by atoms with Crippen molar-refractivity contribution in [1.82, 2.24) is 19.8 Å². The lowest BCUT2D eigenvalue weighted by molar-refractivity contribution is 0.0714. The normalized spacial score (nSPS) is 27.8. The fourth-order valence-electron chi connectivity index (χ4n) is 4.81. The predicted molar refractivity (Wildman–Crippen MR) is 101 cm³/mol. The summed E-state index contributed by atoms with van der Waals surface area (Å²) in [6, 6.07) is 8.01. The summed E-state index contributed by atoms with van der Waals surface area (Å²) in [7, 11) is 6.15. The molecule has 2 aliphatic rings. The topological polar surface area (TPSA) is 69.3 Å². The minimum absolute atomic E-state index is 0.138. The number of benzene rings is 1. The van der Waals surface area contributed by atoms with Gasteiger partial charge in [-0.05, 0) is 63.7 Å². The number of carbonyl (C=O) groups excluding carboxylic acids is 1. The standard InChI is InChI=1S/C20H26N4O2/c1-23(2)14-8-12-10-15(11-13(12)9-14)24(3)20(26)18-21-17-7-5-4-6-16(17)19(25)22-18/h4-7,12-15H,8-11H2,1-3H3,(H,21,22,25)/t12-,13+,14?,15?. The summed E-state index contributed by atoms with van der Waals surface area (Å²) >= 11 is 0. The van der Waals surface area contributed by atoms with Crippen LogP contribution in [0.1, 0.15) is 36.3 Å². The first kappa shape index (κ1) is 17.2. The van der Waals surface area contributed by atoms with Crippen LogP contribution in [0.3, 0.4) is 0 Å². The van der Waals surface area contributed by atoms with Gasteiger partial charge in [-0.1, -0.05) is 12.1 Å². The zero-order valence-electron chi connectivity index (χ0n) is 15.6. The van der Waals surface area contributed by atoms with Gasteiger partial charge >= 0.3 is 0 Å². The van der Waals surface area contributed by atoms with Crippen molar-refractivity contribution in [3.05, 3.63) is 40.4 Å². The van der Waals surface area contributed by atoms with Crippen LogP contribution in [0.15, 0.2) is 29.1 Å². The minimum Gasteiger partial charge on any atom is -0.336 e. The molecule has 2 saturated carbocycles. The van der Waals surface area contributed by atoms with Gasteiger partial charge in [-0.3, -0.25) is 9.59 Å². The molecule has 1 heterocycles. The number of aromatic nitrogens is 2. The smallest absolute Gasteiger partial charge is 0.289 e. The van der Waals surface area contributed by atoms with Crippen LogP contribution < -0.4 is 5.56 Å². The number of hydrogen-bond donors (Lipinski definition) is 1. The van der Waals surface area contributed by atoms with Crippen LogP contribution in [0.25, 0.3) is 10.9 Å². The Morgan fingerprint density at radius 2 is 1.65 bits per heavy atom. The van der Waals surface area contributed by atoms with E-state index in [0.717, 1.165) is 12.8 Å². The number of amides is 1. The average molecular weight is 354 g/mol. The predicted octanol–water partition coefficient (Wildman–Crippen LogP) is 2.11. The second-order valence-electron chi connectivity index (χ2n) is 8.08. The molecule has 0 bridgehead atoms. The Kier molecular flexibility index (Phi) is 4.31. The lowest BCUT2D eigenvalue weighted by Crippen LogP contribution is -2.38. The molecular formula is C20H26N4O2. The van der Waals surface area contributed by atoms with Crippen molar-refractivity contribution in [1.29, 1.82) is 0 Å². The Hall–Kier alpha value is -2.21. The Balaban J connectivity index is 1.50. The Morgan fingerprint density at radius 1 is 1.04 bits per heavy atom. The second-order valence-corrected chi connectivity index (χ2v) is 8.08. The summed E-state index contributed by atoms with van der Waals surface area (Å²) in [6.07, 6.45) is 4.55. The largest absolute Gasteiger partial charge is 0.336 e. The van der Waals surface area contributed by atoms with Crippen LogP contribution in [0.2, 0.25) is 0 Å². The van der Waals surface area contributed by atoms with Crippen molar-refractivity contribution in [2.24, 2.45) is 11.8 Å². The molecule has 2 fully saturated rings. The van der Waals surface area contributed by atoms with Crippen LogP contribution in [0.5, 0.6) is 0 Å². The van der Waals surface area contributed by atoms with Gasteiger partial charge in [0.1, 0.15) is 0 Å². The Labute approximate surface area is 153 Å². The molecule has 1 aromatic carbocycles. The molecule has 1 aromatic heterocycles. The van der Waals surface area contributed by atoms with Crippen molar-refractivity contribution < 1.29 is 4.79 Å². The number of fused-ring (bicyclic) bond motifs is 2. The number of hydrogen-bond acceptors (Lipinski definition) is 4. The lowest BCUT2D eigenvalue weighted by Gasteiger charge is -2.26. The molecule has 6 nitrogen and oxygen atoms in total. The van der Waals surface area contributed by atoms with Gasteiger partial charge in [-0.2, -0.15) is 0 Å². The molecule has 26 heavy (non-hydrogen) atoms. The molecule has 0 saturated heterocycles. The first-order valence-corrected chi connectivity index (χ1v) is 9.36. The van der Waals surface area contributed by atoms with Gasteiger partial charge in [0.05, 0.1) is 10.9 Å². The third-order valence-electron chi connectivity index (χ3n) is 6.38. The van der Waals surface area contributed by atoms with E-state index >= 15 is 0 Å². The molecule has 2 aromatic rings. The van der Waals surface area contributed by atoms with Crippen LogP contribution in [-0.2, 0) is 0 Å². The maximum absolute atomic E-state index is 12.9. The summed E-state index contributed by atoms with van der Waals surface area (Å²) < 4.78 is 0. The Morgan fingerprint density at radius 3 is 2.31 bits per heavy atom. The quantitative estimate of drug-likeness (QED) is 0.917. The molecular weight excluding hydrogens is 328 g/mol. The van der Waals surface area contributed by atoms with E-state index in [-0.39, 0.29) is 23.3 Å². The first-order valence-electron chi connectivity index (χ1n) is 9.36. The van der Waals surface area contributed by atoms with E-state index in [0.29, 0.717) is 28.8 Å². The number of nitrogens with zero attached hydrogens (tertiary/aromatic N) is 3. The second kappa shape index (κ2) is 6.50. The van der Waals surface area contributed by atoms with E-state index in [4.69, 9.17) is 0 Å². The van der Waals surface area contributed by atoms with E-state index in [1.165, 1.54) is 12.8 Å². The number of nitrogens with one attached hydrogen (secondary N) is 1. The number of para-hydroxylation sites is 1. The van der Waals surface area contributed by atoms with Gasteiger partial charge in [0.15, 0.2) is 5.82 Å². The highest BCUT2D eigenvalue weighted by Gasteiger charge is 2.44. The fourth-order valence-corrected chi connectivity index (χ4v) is 4.81. The average Bonchev–Trinajstić information content (AvgIpc) is 3.19. The third kappa shape index (κ3) is 2.92. The van der Waals surface area contributed by atoms with Crippen molar-refractivity contribution >= 4 is 16.8 Å². The summed E-state index contributed by atoms with van der Waals surface area (Å²) in [6.45, 7) is 0. The highest BCUT2D eigenvalue weighted by atomic mass is 16.2. The van der Waals surface area contributed by atoms with E-state index in [2.05, 4.69) is 29.0 Å². The molecule has 0 aliphatic heterocycles. The van der Waals surface area contributed by atoms with Crippen LogP contribution in [0.4, 0.5) is 0 Å². The van der Waals surface area contributed by atoms with Crippen molar-refractivity contribution in [3.8, 4) is 0 Å². The van der Waals surface area contributed by atoms with Gasteiger partial charge in [0.25, 0.3) is 11.5 Å². The van der Waals surface area contributed by atoms with E-state index in [1.54, 1.807) is 23.1 Å². The molecule has 2 aliphatic carbocycles. The Bertz CT molecular complexity index is 877. The van der Waals surface area contributed by atoms with Gasteiger partial charge in [-0.25, -0.2) is 4.98 Å². The minimum atomic E-state index is -0.260. The van der Waals surface area contributed by atoms with Gasteiger partial charge in [0.2, 0.25) is 0 Å². The molecule has 6 heteroatoms. The zero-order chi connectivity index (χ0) is 18.4. The van der Waals surface area contributed by atoms with Crippen molar-refractivity contribution in [3.63, 3.8) is 0 Å². The summed E-state index contributed by atoms with van der Waals surface area (Å²) in [5, 5.41) is 0.511. The van der Waals surface area contributed by atoms with Crippen LogP contribution in [0, 0.1) is 11.8 Å². The van der Waals surface area contributed by atoms with Gasteiger partial charge in [0, 0.05) is 19.1 Å². The van der Waals surface area contributed by atoms with Gasteiger partial charge < -0.3 is 14.8 Å². The summed E-state index contributed by atoms with van der Waals surface area (Å²) in [4.78, 5) is 36.3. The van der Waals surface area contributed by atoms with Crippen molar-refractivity contribution in [2.75, 3.05) is 21.1 Å². The molecule has 4 atom stereocenters. The molecule has 2 unspecified atom stereocenters. The fraction of sp³-hybridized carbons (Fsp3) is 0.550. The molecule has 0 spiro atoms. The molecule has 1 amide bonds. The number of aromatic amines is 1. The van der Waals surface area contributed by atoms with Gasteiger partial charge in [-0.15, -0.1) is 0 Å². The zero-order valence-corrected chi connectivity index (χ0v) is 15.6. The maximum Gasteiger partial charge on any atom is 0.289 e. The number of H-pyrrole nitrogens is 1. The maximum atomic E-state index is 12.9. The molecule has 138 valence electrons. The molecule has 0 radical (unpaired) electrons. The monoisotopic (exact) mass is 354 g/mol. The summed E-state index contributed by atoms with van der Waals surface area (Å²) in [5.41, 5.74) is 0.301. The number of carbonyl (C=O) groups is 1. The number of rotatable bonds is 3. The SMILES string of the molecule is CN(C)C1C[C@@H]2CC(N(C)C(=O)c3nc4ccccc4c(=O)[nH]3)C[C@@H]2C1. The van der Waals surface area contributed by atoms with Crippen LogP contribution >= 0.6 is 0 Å². The molecule has 1 N–H and O–H groups in total. The van der Waals surface area contributed by atoms with E-state index in [9.17, 15) is 9.59 Å². The highest BCUT2D eigenvalue weighted by molar-refractivity contribution is 5.92. The summed E-state index contributed by atoms with van der Waals surface area (Å²) in [5.74, 6) is 1.35. The first-order chi connectivity index (χ1) is 12.4. The lowest BCUT2D eigenvalue weighted by atomic mass is 10.0. The van der Waals surface area contributed by atoms with Crippen LogP contribution in [-0.4, -0.2) is 58.9 Å².